The van der Waals surface area contributed by atoms with Crippen LogP contribution in [-0.4, -0.2) is 64.9 Å². The first-order valence-corrected chi connectivity index (χ1v) is 13.6. The van der Waals surface area contributed by atoms with Gasteiger partial charge in [0.25, 0.3) is 5.91 Å². The van der Waals surface area contributed by atoms with E-state index >= 15 is 0 Å². The normalized spacial score (nSPS) is 24.4. The molecular formula is C28H41N7O3. The number of nitrogens with two attached hydrogens (primary N) is 1. The molecule has 1 unspecified atom stereocenters. The Bertz CT molecular complexity index is 1290. The second-order valence-electron chi connectivity index (χ2n) is 11.8. The van der Waals surface area contributed by atoms with E-state index in [1.54, 1.807) is 17.9 Å². The molecule has 2 aliphatic heterocycles. The first-order chi connectivity index (χ1) is 18.0. The smallest absolute Gasteiger partial charge is 0.275 e. The largest absolute Gasteiger partial charge is 0.495 e. The van der Waals surface area contributed by atoms with Gasteiger partial charge in [0.05, 0.1) is 18.3 Å². The number of likely N-dealkylation sites (N-methyl/N-ethyl adjacent to an activating group) is 1. The summed E-state index contributed by atoms with van der Waals surface area (Å²) in [5.41, 5.74) is 8.24. The highest BCUT2D eigenvalue weighted by molar-refractivity contribution is 5.98. The molecule has 3 heterocycles. The minimum Gasteiger partial charge on any atom is -0.495 e. The molecule has 0 saturated heterocycles. The highest BCUT2D eigenvalue weighted by Crippen LogP contribution is 2.37. The van der Waals surface area contributed by atoms with Crippen molar-refractivity contribution in [1.82, 2.24) is 25.0 Å². The SMILES string of the molecule is CCC1CN(C)C2=C(N[C@@](N)(Nc3cc4ccn(C(=O)C(C)(C)C)c4cc3OC)NC2=O)N1C1CCCC1. The summed E-state index contributed by atoms with van der Waals surface area (Å²) in [7, 11) is 3.54. The number of aromatic nitrogens is 1. The first kappa shape index (κ1) is 26.2. The molecule has 1 amide bonds. The molecule has 5 rings (SSSR count). The molecule has 3 aliphatic rings. The Morgan fingerprint density at radius 3 is 2.58 bits per heavy atom. The van der Waals surface area contributed by atoms with E-state index < -0.39 is 11.3 Å². The number of nitrogens with one attached hydrogen (secondary N) is 3. The number of amides is 1. The number of anilines is 1. The van der Waals surface area contributed by atoms with Crippen LogP contribution in [0.2, 0.25) is 0 Å². The van der Waals surface area contributed by atoms with E-state index in [1.165, 1.54) is 12.8 Å². The molecule has 1 aliphatic carbocycles. The van der Waals surface area contributed by atoms with Gasteiger partial charge in [-0.1, -0.05) is 40.5 Å². The lowest BCUT2D eigenvalue weighted by molar-refractivity contribution is -0.123. The highest BCUT2D eigenvalue weighted by atomic mass is 16.5. The van der Waals surface area contributed by atoms with E-state index in [2.05, 4.69) is 27.8 Å². The van der Waals surface area contributed by atoms with Gasteiger partial charge in [0.1, 0.15) is 17.3 Å². The number of nitrogens with zero attached hydrogens (tertiary/aromatic N) is 3. The maximum atomic E-state index is 13.5. The second kappa shape index (κ2) is 9.41. The summed E-state index contributed by atoms with van der Waals surface area (Å²) in [6.07, 6.45) is 7.37. The molecule has 2 atom stereocenters. The summed E-state index contributed by atoms with van der Waals surface area (Å²) < 4.78 is 7.36. The van der Waals surface area contributed by atoms with E-state index in [9.17, 15) is 9.59 Å². The number of benzene rings is 1. The number of rotatable bonds is 5. The number of ether oxygens (including phenoxy) is 1. The van der Waals surface area contributed by atoms with Crippen molar-refractivity contribution < 1.29 is 14.3 Å². The predicted octanol–water partition coefficient (Wildman–Crippen LogP) is 3.18. The van der Waals surface area contributed by atoms with Crippen molar-refractivity contribution in [1.29, 1.82) is 0 Å². The molecule has 0 spiro atoms. The van der Waals surface area contributed by atoms with Crippen molar-refractivity contribution in [2.24, 2.45) is 11.1 Å². The second-order valence-corrected chi connectivity index (χ2v) is 11.8. The molecule has 1 aromatic carbocycles. The molecular weight excluding hydrogens is 482 g/mol. The van der Waals surface area contributed by atoms with Crippen LogP contribution in [0.5, 0.6) is 5.75 Å². The Morgan fingerprint density at radius 2 is 1.95 bits per heavy atom. The average molecular weight is 524 g/mol. The third-order valence-corrected chi connectivity index (χ3v) is 7.98. The molecule has 5 N–H and O–H groups in total. The van der Waals surface area contributed by atoms with Gasteiger partial charge in [-0.15, -0.1) is 0 Å². The maximum Gasteiger partial charge on any atom is 0.275 e. The van der Waals surface area contributed by atoms with Gasteiger partial charge in [0, 0.05) is 48.7 Å². The Balaban J connectivity index is 1.50. The molecule has 1 saturated carbocycles. The quantitative estimate of drug-likeness (QED) is 0.442. The summed E-state index contributed by atoms with van der Waals surface area (Å²) >= 11 is 0. The van der Waals surface area contributed by atoms with E-state index in [4.69, 9.17) is 10.5 Å². The van der Waals surface area contributed by atoms with Gasteiger partial charge in [-0.2, -0.15) is 0 Å². The number of carbonyl (C=O) groups excluding carboxylic acids is 2. The highest BCUT2D eigenvalue weighted by Gasteiger charge is 2.46. The fraction of sp³-hybridized carbons (Fsp3) is 0.571. The third kappa shape index (κ3) is 4.44. The van der Waals surface area contributed by atoms with Crippen LogP contribution in [0, 0.1) is 5.41 Å². The van der Waals surface area contributed by atoms with Gasteiger partial charge in [0.15, 0.2) is 0 Å². The number of hydrogen-bond donors (Lipinski definition) is 4. The third-order valence-electron chi connectivity index (χ3n) is 7.98. The Labute approximate surface area is 224 Å². The summed E-state index contributed by atoms with van der Waals surface area (Å²) in [5, 5.41) is 10.5. The van der Waals surface area contributed by atoms with Gasteiger partial charge in [-0.25, -0.2) is 0 Å². The standard InChI is InChI=1S/C28H41N7O3/c1-7-18-16-33(5)23-24(35(18)19-10-8-9-11-19)31-28(29,32-25(23)36)30-20-14-17-12-13-34(26(37)27(2,3)4)21(17)15-22(20)38-6/h12-15,18-19,30-31H,7-11,16,29H2,1-6H3,(H,32,36)/t18?,28-/m1/s1. The van der Waals surface area contributed by atoms with Crippen LogP contribution < -0.4 is 26.4 Å². The van der Waals surface area contributed by atoms with Crippen LogP contribution in [0.3, 0.4) is 0 Å². The number of carbonyl (C=O) groups is 2. The van der Waals surface area contributed by atoms with Crippen LogP contribution in [0.4, 0.5) is 5.69 Å². The molecule has 10 heteroatoms. The molecule has 206 valence electrons. The maximum absolute atomic E-state index is 13.5. The van der Waals surface area contributed by atoms with Crippen molar-refractivity contribution in [3.63, 3.8) is 0 Å². The molecule has 10 nitrogen and oxygen atoms in total. The van der Waals surface area contributed by atoms with E-state index in [0.717, 1.165) is 42.5 Å². The molecule has 1 aromatic heterocycles. The summed E-state index contributed by atoms with van der Waals surface area (Å²) in [6.45, 7) is 8.68. The Morgan fingerprint density at radius 1 is 1.24 bits per heavy atom. The van der Waals surface area contributed by atoms with Crippen molar-refractivity contribution >= 4 is 28.4 Å². The van der Waals surface area contributed by atoms with Crippen molar-refractivity contribution in [2.45, 2.75) is 77.8 Å². The topological polar surface area (TPSA) is 117 Å². The lowest BCUT2D eigenvalue weighted by atomic mass is 9.95. The predicted molar refractivity (Wildman–Crippen MR) is 148 cm³/mol. The summed E-state index contributed by atoms with van der Waals surface area (Å²) in [6, 6.07) is 6.28. The van der Waals surface area contributed by atoms with E-state index in [1.807, 2.05) is 50.9 Å². The number of hydrogen-bond acceptors (Lipinski definition) is 8. The van der Waals surface area contributed by atoms with Crippen LogP contribution in [0.15, 0.2) is 35.9 Å². The number of fused-ring (bicyclic) bond motifs is 1. The zero-order valence-corrected chi connectivity index (χ0v) is 23.4. The van der Waals surface area contributed by atoms with Gasteiger partial charge >= 0.3 is 0 Å². The van der Waals surface area contributed by atoms with Gasteiger partial charge in [0.2, 0.25) is 11.8 Å². The Kier molecular flexibility index (Phi) is 6.49. The van der Waals surface area contributed by atoms with Crippen molar-refractivity contribution in [3.05, 3.63) is 35.9 Å². The molecule has 0 bridgehead atoms. The van der Waals surface area contributed by atoms with Crippen molar-refractivity contribution in [3.8, 4) is 5.75 Å². The van der Waals surface area contributed by atoms with Crippen LogP contribution >= 0.6 is 0 Å². The summed E-state index contributed by atoms with van der Waals surface area (Å²) in [4.78, 5) is 30.9. The van der Waals surface area contributed by atoms with Crippen LogP contribution in [0.25, 0.3) is 10.9 Å². The monoisotopic (exact) mass is 523 g/mol. The number of methoxy groups -OCH3 is 1. The fourth-order valence-corrected chi connectivity index (χ4v) is 6.07. The van der Waals surface area contributed by atoms with Gasteiger partial charge in [-0.3, -0.25) is 25.2 Å². The lowest BCUT2D eigenvalue weighted by Gasteiger charge is -2.52. The van der Waals surface area contributed by atoms with E-state index in [0.29, 0.717) is 23.2 Å². The first-order valence-electron chi connectivity index (χ1n) is 13.6. The molecule has 38 heavy (non-hydrogen) atoms. The van der Waals surface area contributed by atoms with Crippen molar-refractivity contribution in [2.75, 3.05) is 26.0 Å². The van der Waals surface area contributed by atoms with Crippen LogP contribution in [-0.2, 0) is 4.79 Å². The molecule has 2 aromatic rings. The fourth-order valence-electron chi connectivity index (χ4n) is 6.07. The average Bonchev–Trinajstić information content (AvgIpc) is 3.51. The summed E-state index contributed by atoms with van der Waals surface area (Å²) in [5.74, 6) is -0.396. The molecule has 0 radical (unpaired) electrons. The van der Waals surface area contributed by atoms with Crippen LogP contribution in [0.1, 0.15) is 64.6 Å². The zero-order valence-electron chi connectivity index (χ0n) is 23.4. The lowest BCUT2D eigenvalue weighted by Crippen LogP contribution is -2.76. The van der Waals surface area contributed by atoms with Gasteiger partial charge < -0.3 is 25.2 Å². The van der Waals surface area contributed by atoms with Gasteiger partial charge in [-0.05, 0) is 31.4 Å². The molecule has 1 fully saturated rings. The Hall–Kier alpha value is -3.40. The zero-order chi connectivity index (χ0) is 27.4. The minimum absolute atomic E-state index is 0.00913. The van der Waals surface area contributed by atoms with E-state index in [-0.39, 0.29) is 17.9 Å². The minimum atomic E-state index is -1.45.